The predicted octanol–water partition coefficient (Wildman–Crippen LogP) is 5.41. The molecule has 8 nitrogen and oxygen atoms in total. The molecule has 1 aromatic heterocycles. The van der Waals surface area contributed by atoms with E-state index in [0.29, 0.717) is 34.7 Å². The molecule has 0 aliphatic carbocycles. The third kappa shape index (κ3) is 3.71. The smallest absolute Gasteiger partial charge is 0.497 e. The molecule has 2 aliphatic rings. The summed E-state index contributed by atoms with van der Waals surface area (Å²) in [7, 11) is 1.61. The third-order valence-electron chi connectivity index (χ3n) is 6.23. The van der Waals surface area contributed by atoms with Gasteiger partial charge in [0.1, 0.15) is 11.4 Å². The van der Waals surface area contributed by atoms with E-state index in [-0.39, 0.29) is 17.1 Å². The zero-order valence-corrected chi connectivity index (χ0v) is 19.0. The first-order valence-corrected chi connectivity index (χ1v) is 11.2. The summed E-state index contributed by atoms with van der Waals surface area (Å²) in [6, 6.07) is 14.7. The summed E-state index contributed by atoms with van der Waals surface area (Å²) in [6.45, 7) is 0.633. The van der Waals surface area contributed by atoms with Gasteiger partial charge in [-0.05, 0) is 73.0 Å². The zero-order valence-electron chi connectivity index (χ0n) is 19.0. The summed E-state index contributed by atoms with van der Waals surface area (Å²) < 4.78 is 41.9. The first kappa shape index (κ1) is 22.0. The number of alkyl halides is 2. The van der Waals surface area contributed by atoms with E-state index in [2.05, 4.69) is 9.47 Å². The van der Waals surface area contributed by atoms with Crippen molar-refractivity contribution >= 4 is 28.5 Å². The van der Waals surface area contributed by atoms with Gasteiger partial charge in [0.2, 0.25) is 0 Å². The van der Waals surface area contributed by atoms with Crippen LogP contribution in [0.2, 0.25) is 0 Å². The molecule has 3 heterocycles. The lowest BCUT2D eigenvalue weighted by molar-refractivity contribution is -0.286. The Bertz CT molecular complexity index is 1540. The van der Waals surface area contributed by atoms with Crippen LogP contribution in [0.25, 0.3) is 22.3 Å². The lowest BCUT2D eigenvalue weighted by atomic mass is 10.0. The van der Waals surface area contributed by atoms with Crippen LogP contribution >= 0.6 is 0 Å². The number of carbonyl (C=O) groups is 1. The molecule has 0 bridgehead atoms. The predicted molar refractivity (Wildman–Crippen MR) is 126 cm³/mol. The van der Waals surface area contributed by atoms with Crippen molar-refractivity contribution < 1.29 is 32.9 Å². The first-order chi connectivity index (χ1) is 17.3. The van der Waals surface area contributed by atoms with Crippen LogP contribution in [0, 0.1) is 0 Å². The largest absolute Gasteiger partial charge is 0.586 e. The molecule has 4 aromatic rings. The highest BCUT2D eigenvalue weighted by molar-refractivity contribution is 5.94. The molecule has 0 atom stereocenters. The van der Waals surface area contributed by atoms with E-state index in [0.717, 1.165) is 29.8 Å². The lowest BCUT2D eigenvalue weighted by Crippen LogP contribution is -2.26. The van der Waals surface area contributed by atoms with Gasteiger partial charge in [0.15, 0.2) is 17.3 Å². The van der Waals surface area contributed by atoms with Crippen molar-refractivity contribution in [2.24, 2.45) is 0 Å². The van der Waals surface area contributed by atoms with E-state index in [4.69, 9.17) is 14.7 Å². The van der Waals surface area contributed by atoms with Crippen LogP contribution in [-0.2, 0) is 6.42 Å². The van der Waals surface area contributed by atoms with Crippen LogP contribution in [0.5, 0.6) is 17.2 Å². The molecule has 2 aliphatic heterocycles. The Morgan fingerprint density at radius 2 is 1.86 bits per heavy atom. The maximum absolute atomic E-state index is 13.6. The van der Waals surface area contributed by atoms with Gasteiger partial charge in [-0.15, -0.1) is 8.78 Å². The number of aromatic carboxylic acids is 1. The van der Waals surface area contributed by atoms with Gasteiger partial charge in [-0.25, -0.2) is 14.8 Å². The van der Waals surface area contributed by atoms with Gasteiger partial charge in [-0.2, -0.15) is 0 Å². The van der Waals surface area contributed by atoms with Gasteiger partial charge in [-0.1, -0.05) is 0 Å². The average Bonchev–Trinajstić information content (AvgIpc) is 3.19. The van der Waals surface area contributed by atoms with Gasteiger partial charge in [-0.3, -0.25) is 0 Å². The Hall–Kier alpha value is -4.47. The molecule has 0 amide bonds. The molecule has 0 spiro atoms. The maximum Gasteiger partial charge on any atom is 0.586 e. The second-order valence-corrected chi connectivity index (χ2v) is 8.48. The summed E-state index contributed by atoms with van der Waals surface area (Å²) in [5.74, 6) is -0.0302. The fourth-order valence-electron chi connectivity index (χ4n) is 4.58. The summed E-state index contributed by atoms with van der Waals surface area (Å²) >= 11 is 0. The molecule has 182 valence electrons. The minimum absolute atomic E-state index is 0.0689. The number of aryl methyl sites for hydroxylation is 1. The minimum Gasteiger partial charge on any atom is -0.497 e. The van der Waals surface area contributed by atoms with Gasteiger partial charge < -0.3 is 24.2 Å². The summed E-state index contributed by atoms with van der Waals surface area (Å²) in [4.78, 5) is 23.2. The normalized spacial score (nSPS) is 15.6. The first-order valence-electron chi connectivity index (χ1n) is 11.2. The molecule has 0 fully saturated rings. The van der Waals surface area contributed by atoms with Crippen LogP contribution in [0.15, 0.2) is 54.6 Å². The Kier molecular flexibility index (Phi) is 4.92. The summed E-state index contributed by atoms with van der Waals surface area (Å²) in [6.07, 6.45) is -2.06. The van der Waals surface area contributed by atoms with Crippen LogP contribution in [-0.4, -0.2) is 41.0 Å². The highest BCUT2D eigenvalue weighted by Crippen LogP contribution is 2.45. The topological polar surface area (TPSA) is 94.0 Å². The van der Waals surface area contributed by atoms with E-state index in [9.17, 15) is 18.7 Å². The van der Waals surface area contributed by atoms with Crippen LogP contribution < -0.4 is 19.1 Å². The van der Waals surface area contributed by atoms with E-state index in [1.807, 2.05) is 23.1 Å². The maximum atomic E-state index is 13.6. The number of halogens is 2. The molecule has 10 heteroatoms. The lowest BCUT2D eigenvalue weighted by Gasteiger charge is -2.32. The second-order valence-electron chi connectivity index (χ2n) is 8.48. The van der Waals surface area contributed by atoms with Crippen LogP contribution in [0.3, 0.4) is 0 Å². The van der Waals surface area contributed by atoms with Crippen LogP contribution in [0.1, 0.15) is 22.3 Å². The summed E-state index contributed by atoms with van der Waals surface area (Å²) in [5.41, 5.74) is 3.88. The van der Waals surface area contributed by atoms with Gasteiger partial charge in [0.25, 0.3) is 0 Å². The number of carboxylic acid groups (broad SMARTS) is 1. The molecule has 36 heavy (non-hydrogen) atoms. The van der Waals surface area contributed by atoms with Crippen molar-refractivity contribution in [2.45, 2.75) is 19.1 Å². The standard InChI is InChI=1S/C26H19F2N3O5/c1-34-17-6-8-20-14(11-17)3-2-10-31(20)24-23(15-5-9-21-22(13-15)36-26(27,28)35-21)29-18-7-4-16(25(32)33)12-19(18)30-24/h4-9,11-13H,2-3,10H2,1H3,(H,32,33). The van der Waals surface area contributed by atoms with Crippen LogP contribution in [0.4, 0.5) is 20.3 Å². The van der Waals surface area contributed by atoms with E-state index >= 15 is 0 Å². The van der Waals surface area contributed by atoms with Crippen molar-refractivity contribution in [3.05, 3.63) is 65.7 Å². The monoisotopic (exact) mass is 491 g/mol. The number of rotatable bonds is 4. The highest BCUT2D eigenvalue weighted by atomic mass is 19.3. The SMILES string of the molecule is COc1ccc2c(c1)CCCN2c1nc2cc(C(=O)O)ccc2nc1-c1ccc2c(c1)OC(F)(F)O2. The zero-order chi connectivity index (χ0) is 25.0. The Balaban J connectivity index is 1.56. The Labute approximate surface area is 203 Å². The molecule has 3 aromatic carbocycles. The molecule has 1 N–H and O–H groups in total. The van der Waals surface area contributed by atoms with Crippen molar-refractivity contribution in [3.8, 4) is 28.5 Å². The second kappa shape index (κ2) is 8.04. The number of methoxy groups -OCH3 is 1. The minimum atomic E-state index is -3.74. The summed E-state index contributed by atoms with van der Waals surface area (Å²) in [5, 5.41) is 9.45. The van der Waals surface area contributed by atoms with Gasteiger partial charge in [0, 0.05) is 17.8 Å². The fourth-order valence-corrected chi connectivity index (χ4v) is 4.58. The van der Waals surface area contributed by atoms with Gasteiger partial charge >= 0.3 is 12.3 Å². The molecule has 6 rings (SSSR count). The number of ether oxygens (including phenoxy) is 3. The number of benzene rings is 3. The molecular formula is C26H19F2N3O5. The number of hydrogen-bond acceptors (Lipinski definition) is 7. The molecule has 0 unspecified atom stereocenters. The van der Waals surface area contributed by atoms with E-state index in [1.54, 1.807) is 19.2 Å². The van der Waals surface area contributed by atoms with Crippen molar-refractivity contribution in [1.82, 2.24) is 9.97 Å². The quantitative estimate of drug-likeness (QED) is 0.405. The van der Waals surface area contributed by atoms with E-state index < -0.39 is 12.3 Å². The Morgan fingerprint density at radius 3 is 2.67 bits per heavy atom. The van der Waals surface area contributed by atoms with Crippen molar-refractivity contribution in [1.29, 1.82) is 0 Å². The Morgan fingerprint density at radius 1 is 1.03 bits per heavy atom. The number of anilines is 2. The van der Waals surface area contributed by atoms with Crippen molar-refractivity contribution in [3.63, 3.8) is 0 Å². The van der Waals surface area contributed by atoms with Gasteiger partial charge in [0.05, 0.1) is 23.7 Å². The fraction of sp³-hybridized carbons (Fsp3) is 0.192. The molecular weight excluding hydrogens is 472 g/mol. The molecule has 0 radical (unpaired) electrons. The van der Waals surface area contributed by atoms with Crippen molar-refractivity contribution in [2.75, 3.05) is 18.6 Å². The van der Waals surface area contributed by atoms with E-state index in [1.165, 1.54) is 24.3 Å². The number of aromatic nitrogens is 2. The number of hydrogen-bond donors (Lipinski definition) is 1. The highest BCUT2D eigenvalue weighted by Gasteiger charge is 2.43. The number of carboxylic acids is 1. The average molecular weight is 491 g/mol. The number of nitrogens with zero attached hydrogens (tertiary/aromatic N) is 3. The number of fused-ring (bicyclic) bond motifs is 3. The molecule has 0 saturated carbocycles. The molecule has 0 saturated heterocycles. The third-order valence-corrected chi connectivity index (χ3v) is 6.23.